The van der Waals surface area contributed by atoms with Gasteiger partial charge < -0.3 is 14.4 Å². The fourth-order valence-electron chi connectivity index (χ4n) is 2.35. The Bertz CT molecular complexity index is 474. The van der Waals surface area contributed by atoms with E-state index in [1.165, 1.54) is 0 Å². The summed E-state index contributed by atoms with van der Waals surface area (Å²) >= 11 is 1.89. The first-order valence-corrected chi connectivity index (χ1v) is 7.70. The van der Waals surface area contributed by atoms with Gasteiger partial charge in [-0.3, -0.25) is 4.79 Å². The Kier molecular flexibility index (Phi) is 3.55. The first kappa shape index (κ1) is 12.7. The number of nitrogens with zero attached hydrogens (tertiary/aromatic N) is 1. The Morgan fingerprint density at radius 2 is 1.84 bits per heavy atom. The zero-order valence-corrected chi connectivity index (χ0v) is 11.7. The van der Waals surface area contributed by atoms with Crippen molar-refractivity contribution < 1.29 is 14.3 Å². The average Bonchev–Trinajstić information content (AvgIpc) is 2.47. The van der Waals surface area contributed by atoms with Gasteiger partial charge in [0.15, 0.2) is 11.5 Å². The lowest BCUT2D eigenvalue weighted by Crippen LogP contribution is -2.52. The zero-order valence-electron chi connectivity index (χ0n) is 10.9. The summed E-state index contributed by atoms with van der Waals surface area (Å²) in [5, 5.41) is 0. The summed E-state index contributed by atoms with van der Waals surface area (Å²) in [5.74, 6) is 3.43. The molecule has 0 bridgehead atoms. The largest absolute Gasteiger partial charge is 0.482 e. The third kappa shape index (κ3) is 2.52. The van der Waals surface area contributed by atoms with Crippen molar-refractivity contribution in [2.45, 2.75) is 19.1 Å². The molecule has 0 N–H and O–H groups in total. The van der Waals surface area contributed by atoms with E-state index in [-0.39, 0.29) is 12.0 Å². The molecule has 0 aliphatic carbocycles. The number of amides is 1. The number of rotatable bonds is 1. The van der Waals surface area contributed by atoms with Crippen LogP contribution in [0.4, 0.5) is 0 Å². The fourth-order valence-corrected chi connectivity index (χ4v) is 3.26. The minimum Gasteiger partial charge on any atom is -0.482 e. The SMILES string of the molecule is C[C@@H]1Oc2ccccc2O[C@H]1C(=O)N1CCSCC1. The molecule has 2 aliphatic heterocycles. The second-order valence-electron chi connectivity index (χ2n) is 4.75. The number of carbonyl (C=O) groups is 1. The van der Waals surface area contributed by atoms with Gasteiger partial charge in [0.25, 0.3) is 5.91 Å². The number of carbonyl (C=O) groups excluding carboxylic acids is 1. The van der Waals surface area contributed by atoms with Gasteiger partial charge in [0.2, 0.25) is 6.10 Å². The molecule has 1 saturated heterocycles. The van der Waals surface area contributed by atoms with Gasteiger partial charge in [-0.05, 0) is 19.1 Å². The molecule has 19 heavy (non-hydrogen) atoms. The third-order valence-electron chi connectivity index (χ3n) is 3.41. The predicted octanol–water partition coefficient (Wildman–Crippen LogP) is 1.79. The molecule has 1 fully saturated rings. The van der Waals surface area contributed by atoms with E-state index in [4.69, 9.17) is 9.47 Å². The highest BCUT2D eigenvalue weighted by atomic mass is 32.2. The molecule has 0 radical (unpaired) electrons. The van der Waals surface area contributed by atoms with Crippen LogP contribution in [-0.2, 0) is 4.79 Å². The van der Waals surface area contributed by atoms with Crippen LogP contribution >= 0.6 is 11.8 Å². The number of ether oxygens (including phenoxy) is 2. The molecule has 1 aromatic carbocycles. The molecule has 102 valence electrons. The lowest BCUT2D eigenvalue weighted by Gasteiger charge is -2.35. The summed E-state index contributed by atoms with van der Waals surface area (Å²) in [4.78, 5) is 14.4. The number of hydrogen-bond donors (Lipinski definition) is 0. The van der Waals surface area contributed by atoms with Crippen molar-refractivity contribution in [3.8, 4) is 11.5 Å². The second-order valence-corrected chi connectivity index (χ2v) is 5.97. The van der Waals surface area contributed by atoms with Crippen LogP contribution in [0.15, 0.2) is 24.3 Å². The van der Waals surface area contributed by atoms with E-state index in [1.807, 2.05) is 47.9 Å². The zero-order chi connectivity index (χ0) is 13.2. The Morgan fingerprint density at radius 3 is 2.53 bits per heavy atom. The highest BCUT2D eigenvalue weighted by molar-refractivity contribution is 7.99. The Hall–Kier alpha value is -1.36. The molecule has 1 amide bonds. The highest BCUT2D eigenvalue weighted by Crippen LogP contribution is 2.34. The maximum absolute atomic E-state index is 12.5. The molecular formula is C14H17NO3S. The lowest BCUT2D eigenvalue weighted by atomic mass is 10.1. The minimum absolute atomic E-state index is 0.0438. The summed E-state index contributed by atoms with van der Waals surface area (Å²) in [5.41, 5.74) is 0. The number of thioether (sulfide) groups is 1. The molecule has 0 aromatic heterocycles. The maximum Gasteiger partial charge on any atom is 0.267 e. The standard InChI is InChI=1S/C14H17NO3S/c1-10-13(14(16)15-6-8-19-9-7-15)18-12-5-3-2-4-11(12)17-10/h2-5,10,13H,6-9H2,1H3/t10-,13+/m0/s1. The summed E-state index contributed by atoms with van der Waals surface area (Å²) in [6, 6.07) is 7.49. The molecule has 0 spiro atoms. The number of benzene rings is 1. The van der Waals surface area contributed by atoms with Crippen LogP contribution in [0.5, 0.6) is 11.5 Å². The van der Waals surface area contributed by atoms with E-state index in [2.05, 4.69) is 0 Å². The van der Waals surface area contributed by atoms with Gasteiger partial charge >= 0.3 is 0 Å². The van der Waals surface area contributed by atoms with Crippen LogP contribution in [0.25, 0.3) is 0 Å². The predicted molar refractivity (Wildman–Crippen MR) is 74.9 cm³/mol. The van der Waals surface area contributed by atoms with E-state index in [0.29, 0.717) is 11.5 Å². The van der Waals surface area contributed by atoms with Crippen molar-refractivity contribution in [2.24, 2.45) is 0 Å². The van der Waals surface area contributed by atoms with Crippen LogP contribution in [0.2, 0.25) is 0 Å². The van der Waals surface area contributed by atoms with Gasteiger partial charge in [-0.1, -0.05) is 12.1 Å². The summed E-state index contributed by atoms with van der Waals surface area (Å²) in [7, 11) is 0. The number of hydrogen-bond acceptors (Lipinski definition) is 4. The average molecular weight is 279 g/mol. The third-order valence-corrected chi connectivity index (χ3v) is 4.35. The summed E-state index contributed by atoms with van der Waals surface area (Å²) in [6.07, 6.45) is -0.782. The molecule has 0 saturated carbocycles. The Balaban J connectivity index is 1.76. The van der Waals surface area contributed by atoms with Gasteiger partial charge in [-0.15, -0.1) is 0 Å². The fraction of sp³-hybridized carbons (Fsp3) is 0.500. The molecule has 3 rings (SSSR count). The lowest BCUT2D eigenvalue weighted by molar-refractivity contribution is -0.144. The minimum atomic E-state index is -0.530. The van der Waals surface area contributed by atoms with E-state index in [9.17, 15) is 4.79 Å². The molecule has 2 atom stereocenters. The first-order valence-electron chi connectivity index (χ1n) is 6.54. The maximum atomic E-state index is 12.5. The van der Waals surface area contributed by atoms with Gasteiger partial charge in [-0.2, -0.15) is 11.8 Å². The van der Waals surface area contributed by atoms with E-state index < -0.39 is 6.10 Å². The highest BCUT2D eigenvalue weighted by Gasteiger charge is 2.37. The van der Waals surface area contributed by atoms with Gasteiger partial charge in [0.1, 0.15) is 6.10 Å². The van der Waals surface area contributed by atoms with Crippen molar-refractivity contribution >= 4 is 17.7 Å². The second kappa shape index (κ2) is 5.33. The molecule has 4 nitrogen and oxygen atoms in total. The van der Waals surface area contributed by atoms with Crippen molar-refractivity contribution in [2.75, 3.05) is 24.6 Å². The number of fused-ring (bicyclic) bond motifs is 1. The Labute approximate surface area is 117 Å². The molecular weight excluding hydrogens is 262 g/mol. The molecule has 0 unspecified atom stereocenters. The van der Waals surface area contributed by atoms with Crippen molar-refractivity contribution in [1.29, 1.82) is 0 Å². The van der Waals surface area contributed by atoms with Crippen molar-refractivity contribution in [3.63, 3.8) is 0 Å². The summed E-state index contributed by atoms with van der Waals surface area (Å²) in [6.45, 7) is 3.49. The monoisotopic (exact) mass is 279 g/mol. The van der Waals surface area contributed by atoms with Crippen LogP contribution in [0, 0.1) is 0 Å². The van der Waals surface area contributed by atoms with E-state index >= 15 is 0 Å². The normalized spacial score (nSPS) is 26.1. The molecule has 2 aliphatic rings. The quantitative estimate of drug-likeness (QED) is 0.785. The molecule has 2 heterocycles. The first-order chi connectivity index (χ1) is 9.25. The van der Waals surface area contributed by atoms with Crippen LogP contribution in [0.1, 0.15) is 6.92 Å². The Morgan fingerprint density at radius 1 is 1.21 bits per heavy atom. The van der Waals surface area contributed by atoms with Crippen LogP contribution in [-0.4, -0.2) is 47.6 Å². The topological polar surface area (TPSA) is 38.8 Å². The molecule has 5 heteroatoms. The molecule has 1 aromatic rings. The van der Waals surface area contributed by atoms with E-state index in [0.717, 1.165) is 24.6 Å². The summed E-state index contributed by atoms with van der Waals surface area (Å²) < 4.78 is 11.6. The van der Waals surface area contributed by atoms with Crippen LogP contribution < -0.4 is 9.47 Å². The van der Waals surface area contributed by atoms with Crippen LogP contribution in [0.3, 0.4) is 0 Å². The van der Waals surface area contributed by atoms with Gasteiger partial charge in [0.05, 0.1) is 0 Å². The van der Waals surface area contributed by atoms with Crippen molar-refractivity contribution in [3.05, 3.63) is 24.3 Å². The smallest absolute Gasteiger partial charge is 0.267 e. The van der Waals surface area contributed by atoms with Gasteiger partial charge in [-0.25, -0.2) is 0 Å². The van der Waals surface area contributed by atoms with Crippen molar-refractivity contribution in [1.82, 2.24) is 4.90 Å². The van der Waals surface area contributed by atoms with Gasteiger partial charge in [0, 0.05) is 24.6 Å². The van der Waals surface area contributed by atoms with E-state index in [1.54, 1.807) is 0 Å². The number of para-hydroxylation sites is 2.